The molecular weight excluding hydrogens is 262 g/mol. The van der Waals surface area contributed by atoms with Gasteiger partial charge < -0.3 is 10.6 Å². The van der Waals surface area contributed by atoms with Crippen LogP contribution in [0.15, 0.2) is 30.3 Å². The molecule has 1 saturated heterocycles. The highest BCUT2D eigenvalue weighted by atomic mass is 16.2. The molecule has 1 fully saturated rings. The fourth-order valence-corrected chi connectivity index (χ4v) is 2.84. The number of carbonyl (C=O) groups is 1. The van der Waals surface area contributed by atoms with Crippen LogP contribution in [0.4, 0.5) is 0 Å². The quantitative estimate of drug-likeness (QED) is 0.802. The third-order valence-corrected chi connectivity index (χ3v) is 4.21. The summed E-state index contributed by atoms with van der Waals surface area (Å²) in [6.07, 6.45) is 3.69. The van der Waals surface area contributed by atoms with Gasteiger partial charge in [0, 0.05) is 6.54 Å². The molecule has 1 aliphatic rings. The number of nitrogens with zero attached hydrogens (tertiary/aromatic N) is 1. The summed E-state index contributed by atoms with van der Waals surface area (Å²) in [6.45, 7) is 4.35. The van der Waals surface area contributed by atoms with Crippen LogP contribution in [-0.2, 0) is 11.3 Å². The molecule has 0 atom stereocenters. The molecule has 1 aromatic carbocycles. The molecular formula is C17H27N3O. The second-order valence-corrected chi connectivity index (χ2v) is 5.87. The van der Waals surface area contributed by atoms with Crippen molar-refractivity contribution in [3.05, 3.63) is 35.9 Å². The number of hydrogen-bond donors (Lipinski definition) is 2. The molecule has 0 spiro atoms. The fraction of sp³-hybridized carbons (Fsp3) is 0.588. The molecule has 116 valence electrons. The minimum Gasteiger partial charge on any atom is -0.351 e. The van der Waals surface area contributed by atoms with Crippen molar-refractivity contribution in [3.63, 3.8) is 0 Å². The average molecular weight is 289 g/mol. The first-order chi connectivity index (χ1) is 10.3. The molecule has 0 radical (unpaired) electrons. The number of amides is 1. The Labute approximate surface area is 127 Å². The third kappa shape index (κ3) is 5.86. The van der Waals surface area contributed by atoms with E-state index < -0.39 is 0 Å². The van der Waals surface area contributed by atoms with E-state index in [-0.39, 0.29) is 5.91 Å². The lowest BCUT2D eigenvalue weighted by Gasteiger charge is -2.31. The molecule has 0 saturated carbocycles. The number of benzene rings is 1. The van der Waals surface area contributed by atoms with E-state index in [2.05, 4.69) is 15.5 Å². The minimum absolute atomic E-state index is 0.132. The van der Waals surface area contributed by atoms with Gasteiger partial charge in [-0.1, -0.05) is 30.3 Å². The molecule has 2 rings (SSSR count). The summed E-state index contributed by atoms with van der Waals surface area (Å²) in [5.74, 6) is 0.952. The number of hydrogen-bond acceptors (Lipinski definition) is 3. The van der Waals surface area contributed by atoms with Crippen LogP contribution in [0.5, 0.6) is 0 Å². The summed E-state index contributed by atoms with van der Waals surface area (Å²) >= 11 is 0. The second-order valence-electron chi connectivity index (χ2n) is 5.87. The summed E-state index contributed by atoms with van der Waals surface area (Å²) in [5, 5.41) is 6.21. The summed E-state index contributed by atoms with van der Waals surface area (Å²) in [7, 11) is 2.01. The zero-order valence-corrected chi connectivity index (χ0v) is 13.0. The standard InChI is InChI=1S/C17H27N3O/c1-18-10-7-15-8-11-20(12-9-15)14-17(21)19-13-16-5-3-2-4-6-16/h2-6,15,18H,7-14H2,1H3,(H,19,21). The number of carbonyl (C=O) groups excluding carboxylic acids is 1. The Morgan fingerprint density at radius 2 is 1.95 bits per heavy atom. The van der Waals surface area contributed by atoms with Crippen molar-refractivity contribution in [2.75, 3.05) is 33.2 Å². The zero-order chi connectivity index (χ0) is 14.9. The molecule has 0 unspecified atom stereocenters. The van der Waals surface area contributed by atoms with Crippen molar-refractivity contribution in [3.8, 4) is 0 Å². The van der Waals surface area contributed by atoms with Gasteiger partial charge in [-0.05, 0) is 57.4 Å². The van der Waals surface area contributed by atoms with E-state index in [4.69, 9.17) is 0 Å². The maximum Gasteiger partial charge on any atom is 0.234 e. The first kappa shape index (κ1) is 16.0. The Bertz CT molecular complexity index is 413. The number of piperidine rings is 1. The van der Waals surface area contributed by atoms with Gasteiger partial charge in [0.2, 0.25) is 5.91 Å². The molecule has 2 N–H and O–H groups in total. The third-order valence-electron chi connectivity index (χ3n) is 4.21. The SMILES string of the molecule is CNCCC1CCN(CC(=O)NCc2ccccc2)CC1. The Hall–Kier alpha value is -1.39. The first-order valence-electron chi connectivity index (χ1n) is 7.95. The van der Waals surface area contributed by atoms with Crippen LogP contribution < -0.4 is 10.6 Å². The molecule has 21 heavy (non-hydrogen) atoms. The Morgan fingerprint density at radius 1 is 1.24 bits per heavy atom. The largest absolute Gasteiger partial charge is 0.351 e. The highest BCUT2D eigenvalue weighted by molar-refractivity contribution is 5.78. The van der Waals surface area contributed by atoms with E-state index in [1.165, 1.54) is 19.3 Å². The van der Waals surface area contributed by atoms with Crippen LogP contribution in [0, 0.1) is 5.92 Å². The maximum atomic E-state index is 12.0. The van der Waals surface area contributed by atoms with Crippen molar-refractivity contribution in [1.82, 2.24) is 15.5 Å². The van der Waals surface area contributed by atoms with Gasteiger partial charge in [-0.2, -0.15) is 0 Å². The topological polar surface area (TPSA) is 44.4 Å². The van der Waals surface area contributed by atoms with Crippen LogP contribution in [0.2, 0.25) is 0 Å². The molecule has 0 aliphatic carbocycles. The van der Waals surface area contributed by atoms with Gasteiger partial charge in [-0.3, -0.25) is 9.69 Å². The lowest BCUT2D eigenvalue weighted by atomic mass is 9.93. The highest BCUT2D eigenvalue weighted by Crippen LogP contribution is 2.19. The van der Waals surface area contributed by atoms with Crippen molar-refractivity contribution < 1.29 is 4.79 Å². The van der Waals surface area contributed by atoms with Crippen molar-refractivity contribution in [1.29, 1.82) is 0 Å². The molecule has 1 aromatic rings. The minimum atomic E-state index is 0.132. The molecule has 4 nitrogen and oxygen atoms in total. The molecule has 1 heterocycles. The van der Waals surface area contributed by atoms with Crippen molar-refractivity contribution in [2.45, 2.75) is 25.8 Å². The van der Waals surface area contributed by atoms with Gasteiger partial charge >= 0.3 is 0 Å². The van der Waals surface area contributed by atoms with E-state index in [1.54, 1.807) is 0 Å². The van der Waals surface area contributed by atoms with Gasteiger partial charge in [0.15, 0.2) is 0 Å². The lowest BCUT2D eigenvalue weighted by Crippen LogP contribution is -2.41. The number of rotatable bonds is 7. The predicted octanol–water partition coefficient (Wildman–Crippen LogP) is 1.62. The normalized spacial score (nSPS) is 16.8. The predicted molar refractivity (Wildman–Crippen MR) is 86.0 cm³/mol. The van der Waals surface area contributed by atoms with E-state index in [9.17, 15) is 4.79 Å². The fourth-order valence-electron chi connectivity index (χ4n) is 2.84. The maximum absolute atomic E-state index is 12.0. The van der Waals surface area contributed by atoms with Crippen LogP contribution in [-0.4, -0.2) is 44.0 Å². The van der Waals surface area contributed by atoms with Crippen LogP contribution in [0.3, 0.4) is 0 Å². The van der Waals surface area contributed by atoms with Crippen LogP contribution in [0.25, 0.3) is 0 Å². The summed E-state index contributed by atoms with van der Waals surface area (Å²) in [5.41, 5.74) is 1.15. The molecule has 0 bridgehead atoms. The van der Waals surface area contributed by atoms with Crippen LogP contribution in [0.1, 0.15) is 24.8 Å². The summed E-state index contributed by atoms with van der Waals surface area (Å²) < 4.78 is 0. The molecule has 0 aromatic heterocycles. The monoisotopic (exact) mass is 289 g/mol. The number of likely N-dealkylation sites (tertiary alicyclic amines) is 1. The van der Waals surface area contributed by atoms with Crippen LogP contribution >= 0.6 is 0 Å². The van der Waals surface area contributed by atoms with Crippen molar-refractivity contribution >= 4 is 5.91 Å². The zero-order valence-electron chi connectivity index (χ0n) is 13.0. The molecule has 1 aliphatic heterocycles. The van der Waals surface area contributed by atoms with Gasteiger partial charge in [0.25, 0.3) is 0 Å². The highest BCUT2D eigenvalue weighted by Gasteiger charge is 2.20. The van der Waals surface area contributed by atoms with E-state index in [0.717, 1.165) is 31.1 Å². The van der Waals surface area contributed by atoms with Gasteiger partial charge in [-0.15, -0.1) is 0 Å². The summed E-state index contributed by atoms with van der Waals surface area (Å²) in [6, 6.07) is 10.1. The lowest BCUT2D eigenvalue weighted by molar-refractivity contribution is -0.122. The Kier molecular flexibility index (Phi) is 6.70. The van der Waals surface area contributed by atoms with E-state index in [0.29, 0.717) is 13.1 Å². The first-order valence-corrected chi connectivity index (χ1v) is 7.95. The van der Waals surface area contributed by atoms with Gasteiger partial charge in [-0.25, -0.2) is 0 Å². The van der Waals surface area contributed by atoms with Gasteiger partial charge in [0.1, 0.15) is 0 Å². The summed E-state index contributed by atoms with van der Waals surface area (Å²) in [4.78, 5) is 14.2. The Balaban J connectivity index is 1.63. The second kappa shape index (κ2) is 8.80. The molecule has 1 amide bonds. The van der Waals surface area contributed by atoms with E-state index >= 15 is 0 Å². The average Bonchev–Trinajstić information content (AvgIpc) is 2.53. The van der Waals surface area contributed by atoms with Gasteiger partial charge in [0.05, 0.1) is 6.54 Å². The Morgan fingerprint density at radius 3 is 2.62 bits per heavy atom. The van der Waals surface area contributed by atoms with E-state index in [1.807, 2.05) is 37.4 Å². The van der Waals surface area contributed by atoms with Crippen molar-refractivity contribution in [2.24, 2.45) is 5.92 Å². The molecule has 4 heteroatoms. The number of nitrogens with one attached hydrogen (secondary N) is 2. The smallest absolute Gasteiger partial charge is 0.234 e.